The van der Waals surface area contributed by atoms with Crippen LogP contribution in [0, 0.1) is 0 Å². The molecule has 144 valence electrons. The van der Waals surface area contributed by atoms with Crippen molar-refractivity contribution in [3.8, 4) is 17.2 Å². The quantitative estimate of drug-likeness (QED) is 0.596. The van der Waals surface area contributed by atoms with Crippen molar-refractivity contribution in [2.45, 2.75) is 5.16 Å². The van der Waals surface area contributed by atoms with Crippen LogP contribution in [0.15, 0.2) is 53.8 Å². The molecule has 0 spiro atoms. The Balaban J connectivity index is 1.62. The maximum atomic E-state index is 12.5. The van der Waals surface area contributed by atoms with Gasteiger partial charge in [0.15, 0.2) is 11.0 Å². The molecule has 4 rings (SSSR count). The molecule has 3 aromatic rings. The zero-order chi connectivity index (χ0) is 19.3. The van der Waals surface area contributed by atoms with E-state index >= 15 is 0 Å². The van der Waals surface area contributed by atoms with Crippen LogP contribution in [-0.4, -0.2) is 62.6 Å². The maximum Gasteiger partial charge on any atom is 0.233 e. The molecule has 2 aromatic heterocycles. The van der Waals surface area contributed by atoms with Gasteiger partial charge in [0.25, 0.3) is 0 Å². The summed E-state index contributed by atoms with van der Waals surface area (Å²) in [7, 11) is 0. The summed E-state index contributed by atoms with van der Waals surface area (Å²) in [4.78, 5) is 18.7. The summed E-state index contributed by atoms with van der Waals surface area (Å²) in [6, 6.07) is 13.0. The van der Waals surface area contributed by atoms with Gasteiger partial charge in [0.2, 0.25) is 5.91 Å². The van der Waals surface area contributed by atoms with Crippen molar-refractivity contribution < 1.29 is 9.53 Å². The molecule has 7 nitrogen and oxygen atoms in total. The lowest BCUT2D eigenvalue weighted by molar-refractivity contribution is -0.132. The normalized spacial score (nSPS) is 14.2. The van der Waals surface area contributed by atoms with Gasteiger partial charge in [0, 0.05) is 30.0 Å². The largest absolute Gasteiger partial charge is 0.378 e. The molecule has 3 heterocycles. The standard InChI is InChI=1S/C19H18ClN5O2S/c20-14-4-6-15(7-5-14)25-18(16-3-1-2-8-21-16)22-23-19(25)28-13-17(26)24-9-11-27-12-10-24/h1-8H,9-13H2. The number of ether oxygens (including phenoxy) is 1. The topological polar surface area (TPSA) is 73.1 Å². The van der Waals surface area contributed by atoms with E-state index in [1.54, 1.807) is 6.20 Å². The molecule has 1 aliphatic rings. The Labute approximate surface area is 171 Å². The van der Waals surface area contributed by atoms with Crippen LogP contribution < -0.4 is 0 Å². The minimum atomic E-state index is 0.0679. The zero-order valence-corrected chi connectivity index (χ0v) is 16.6. The number of thioether (sulfide) groups is 1. The SMILES string of the molecule is O=C(CSc1nnc(-c2ccccn2)n1-c1ccc(Cl)cc1)N1CCOCC1. The third kappa shape index (κ3) is 4.19. The Hall–Kier alpha value is -2.42. The van der Waals surface area contributed by atoms with E-state index in [0.717, 1.165) is 5.69 Å². The number of amides is 1. The number of hydrogen-bond acceptors (Lipinski definition) is 6. The third-order valence-corrected chi connectivity index (χ3v) is 5.47. The molecule has 1 fully saturated rings. The highest BCUT2D eigenvalue weighted by Gasteiger charge is 2.21. The molecule has 0 aliphatic carbocycles. The average molecular weight is 416 g/mol. The van der Waals surface area contributed by atoms with Crippen molar-refractivity contribution >= 4 is 29.3 Å². The fourth-order valence-electron chi connectivity index (χ4n) is 2.88. The minimum absolute atomic E-state index is 0.0679. The van der Waals surface area contributed by atoms with Gasteiger partial charge in [-0.15, -0.1) is 10.2 Å². The van der Waals surface area contributed by atoms with E-state index in [9.17, 15) is 4.79 Å². The van der Waals surface area contributed by atoms with Gasteiger partial charge in [0.05, 0.1) is 19.0 Å². The van der Waals surface area contributed by atoms with Crippen molar-refractivity contribution in [2.75, 3.05) is 32.1 Å². The van der Waals surface area contributed by atoms with Crippen LogP contribution in [0.25, 0.3) is 17.2 Å². The molecular formula is C19H18ClN5O2S. The van der Waals surface area contributed by atoms with Crippen molar-refractivity contribution in [2.24, 2.45) is 0 Å². The van der Waals surface area contributed by atoms with Gasteiger partial charge in [-0.25, -0.2) is 0 Å². The Morgan fingerprint density at radius 3 is 2.61 bits per heavy atom. The molecule has 9 heteroatoms. The molecule has 0 unspecified atom stereocenters. The second-order valence-corrected chi connectivity index (χ2v) is 7.49. The van der Waals surface area contributed by atoms with E-state index in [0.29, 0.717) is 48.0 Å². The smallest absolute Gasteiger partial charge is 0.233 e. The lowest BCUT2D eigenvalue weighted by atomic mass is 10.3. The predicted molar refractivity (Wildman–Crippen MR) is 108 cm³/mol. The number of benzene rings is 1. The highest BCUT2D eigenvalue weighted by Crippen LogP contribution is 2.28. The van der Waals surface area contributed by atoms with Crippen LogP contribution in [0.2, 0.25) is 5.02 Å². The lowest BCUT2D eigenvalue weighted by Gasteiger charge is -2.26. The third-order valence-electron chi connectivity index (χ3n) is 4.30. The van der Waals surface area contributed by atoms with Crippen LogP contribution >= 0.6 is 23.4 Å². The summed E-state index contributed by atoms with van der Waals surface area (Å²) < 4.78 is 7.21. The highest BCUT2D eigenvalue weighted by atomic mass is 35.5. The number of carbonyl (C=O) groups excluding carboxylic acids is 1. The molecule has 0 radical (unpaired) electrons. The fourth-order valence-corrected chi connectivity index (χ4v) is 3.86. The molecule has 1 amide bonds. The molecule has 28 heavy (non-hydrogen) atoms. The number of morpholine rings is 1. The minimum Gasteiger partial charge on any atom is -0.378 e. The summed E-state index contributed by atoms with van der Waals surface area (Å²) in [5, 5.41) is 9.92. The fraction of sp³-hybridized carbons (Fsp3) is 0.263. The number of rotatable bonds is 5. The number of hydrogen-bond donors (Lipinski definition) is 0. The molecule has 0 N–H and O–H groups in total. The first-order chi connectivity index (χ1) is 13.7. The van der Waals surface area contributed by atoms with E-state index in [4.69, 9.17) is 16.3 Å². The summed E-state index contributed by atoms with van der Waals surface area (Å²) in [5.41, 5.74) is 1.56. The molecule has 1 aromatic carbocycles. The first kappa shape index (κ1) is 18.9. The van der Waals surface area contributed by atoms with E-state index in [1.165, 1.54) is 11.8 Å². The number of pyridine rings is 1. The molecular weight excluding hydrogens is 398 g/mol. The van der Waals surface area contributed by atoms with E-state index < -0.39 is 0 Å². The zero-order valence-electron chi connectivity index (χ0n) is 15.0. The van der Waals surface area contributed by atoms with Crippen LogP contribution in [0.3, 0.4) is 0 Å². The summed E-state index contributed by atoms with van der Waals surface area (Å²) in [5.74, 6) is 0.969. The molecule has 1 saturated heterocycles. The number of carbonyl (C=O) groups is 1. The van der Waals surface area contributed by atoms with Gasteiger partial charge in [0.1, 0.15) is 5.69 Å². The second-order valence-electron chi connectivity index (χ2n) is 6.11. The van der Waals surface area contributed by atoms with Crippen molar-refractivity contribution in [1.29, 1.82) is 0 Å². The molecule has 0 saturated carbocycles. The molecule has 1 aliphatic heterocycles. The predicted octanol–water partition coefficient (Wildman–Crippen LogP) is 2.93. The number of aromatic nitrogens is 4. The summed E-state index contributed by atoms with van der Waals surface area (Å²) in [6.07, 6.45) is 1.71. The second kappa shape index (κ2) is 8.72. The van der Waals surface area contributed by atoms with Gasteiger partial charge in [-0.1, -0.05) is 29.4 Å². The Morgan fingerprint density at radius 1 is 1.11 bits per heavy atom. The Kier molecular flexibility index (Phi) is 5.90. The van der Waals surface area contributed by atoms with Crippen molar-refractivity contribution in [3.63, 3.8) is 0 Å². The van der Waals surface area contributed by atoms with Gasteiger partial charge in [-0.05, 0) is 36.4 Å². The summed E-state index contributed by atoms with van der Waals surface area (Å²) >= 11 is 7.40. The van der Waals surface area contributed by atoms with Crippen molar-refractivity contribution in [3.05, 3.63) is 53.7 Å². The highest BCUT2D eigenvalue weighted by molar-refractivity contribution is 7.99. The van der Waals surface area contributed by atoms with Crippen LogP contribution in [-0.2, 0) is 9.53 Å². The Bertz CT molecular complexity index is 943. The first-order valence-corrected chi connectivity index (χ1v) is 10.2. The van der Waals surface area contributed by atoms with Crippen molar-refractivity contribution in [1.82, 2.24) is 24.6 Å². The van der Waals surface area contributed by atoms with E-state index in [2.05, 4.69) is 15.2 Å². The van der Waals surface area contributed by atoms with E-state index in [1.807, 2.05) is 51.9 Å². The monoisotopic (exact) mass is 415 g/mol. The van der Waals surface area contributed by atoms with E-state index in [-0.39, 0.29) is 11.7 Å². The van der Waals surface area contributed by atoms with Gasteiger partial charge in [-0.3, -0.25) is 14.3 Å². The maximum absolute atomic E-state index is 12.5. The van der Waals surface area contributed by atoms with Gasteiger partial charge in [-0.2, -0.15) is 0 Å². The first-order valence-electron chi connectivity index (χ1n) is 8.83. The number of nitrogens with zero attached hydrogens (tertiary/aromatic N) is 5. The number of halogens is 1. The average Bonchev–Trinajstić information content (AvgIpc) is 3.18. The van der Waals surface area contributed by atoms with Crippen LogP contribution in [0.1, 0.15) is 0 Å². The molecule has 0 bridgehead atoms. The lowest BCUT2D eigenvalue weighted by Crippen LogP contribution is -2.41. The van der Waals surface area contributed by atoms with Gasteiger partial charge < -0.3 is 9.64 Å². The summed E-state index contributed by atoms with van der Waals surface area (Å²) in [6.45, 7) is 2.42. The molecule has 0 atom stereocenters. The van der Waals surface area contributed by atoms with Crippen LogP contribution in [0.4, 0.5) is 0 Å². The van der Waals surface area contributed by atoms with Crippen LogP contribution in [0.5, 0.6) is 0 Å². The van der Waals surface area contributed by atoms with Gasteiger partial charge >= 0.3 is 0 Å². The Morgan fingerprint density at radius 2 is 1.89 bits per heavy atom.